The predicted octanol–water partition coefficient (Wildman–Crippen LogP) is 2.84. The van der Waals surface area contributed by atoms with Crippen molar-refractivity contribution >= 4 is 16.9 Å². The van der Waals surface area contributed by atoms with E-state index in [9.17, 15) is 4.79 Å². The molecule has 0 bridgehead atoms. The fourth-order valence-corrected chi connectivity index (χ4v) is 3.40. The molecular formula is C19H15N5O. The lowest BCUT2D eigenvalue weighted by molar-refractivity contribution is 0.0956. The third-order valence-electron chi connectivity index (χ3n) is 4.58. The number of hydrogen-bond donors (Lipinski definition) is 2. The van der Waals surface area contributed by atoms with Gasteiger partial charge in [0, 0.05) is 18.7 Å². The number of amides is 1. The van der Waals surface area contributed by atoms with E-state index in [0.717, 1.165) is 33.7 Å². The average Bonchev–Trinajstić information content (AvgIpc) is 3.26. The number of nitrogens with zero attached hydrogens (tertiary/aromatic N) is 3. The molecule has 0 spiro atoms. The molecule has 25 heavy (non-hydrogen) atoms. The van der Waals surface area contributed by atoms with Gasteiger partial charge in [-0.1, -0.05) is 30.3 Å². The number of benzene rings is 2. The molecule has 1 amide bonds. The average molecular weight is 329 g/mol. The topological polar surface area (TPSA) is 75.6 Å². The van der Waals surface area contributed by atoms with E-state index in [0.29, 0.717) is 18.7 Å². The van der Waals surface area contributed by atoms with Gasteiger partial charge in [-0.3, -0.25) is 4.79 Å². The van der Waals surface area contributed by atoms with Gasteiger partial charge in [-0.05, 0) is 17.7 Å². The van der Waals surface area contributed by atoms with Gasteiger partial charge in [-0.15, -0.1) is 0 Å². The van der Waals surface area contributed by atoms with Crippen molar-refractivity contribution in [1.29, 1.82) is 0 Å². The van der Waals surface area contributed by atoms with E-state index in [1.54, 1.807) is 12.5 Å². The van der Waals surface area contributed by atoms with Crippen LogP contribution in [0.2, 0.25) is 0 Å². The maximum absolute atomic E-state index is 12.3. The summed E-state index contributed by atoms with van der Waals surface area (Å²) >= 11 is 0. The van der Waals surface area contributed by atoms with Gasteiger partial charge in [0.05, 0.1) is 34.8 Å². The third-order valence-corrected chi connectivity index (χ3v) is 4.58. The number of rotatable bonds is 2. The maximum Gasteiger partial charge on any atom is 0.253 e. The van der Waals surface area contributed by atoms with E-state index < -0.39 is 0 Å². The first-order valence-corrected chi connectivity index (χ1v) is 8.18. The van der Waals surface area contributed by atoms with Gasteiger partial charge in [0.1, 0.15) is 5.82 Å². The number of H-pyrrole nitrogens is 1. The molecule has 0 saturated carbocycles. The quantitative estimate of drug-likeness (QED) is 0.594. The van der Waals surface area contributed by atoms with Crippen LogP contribution >= 0.6 is 0 Å². The van der Waals surface area contributed by atoms with Crippen LogP contribution in [0.3, 0.4) is 0 Å². The van der Waals surface area contributed by atoms with Crippen LogP contribution in [0.25, 0.3) is 33.7 Å². The van der Waals surface area contributed by atoms with E-state index >= 15 is 0 Å². The van der Waals surface area contributed by atoms with Crippen molar-refractivity contribution in [3.8, 4) is 22.6 Å². The lowest BCUT2D eigenvalue weighted by Gasteiger charge is -2.08. The van der Waals surface area contributed by atoms with E-state index in [1.807, 2.05) is 18.2 Å². The Kier molecular flexibility index (Phi) is 2.97. The van der Waals surface area contributed by atoms with Crippen molar-refractivity contribution in [2.75, 3.05) is 6.54 Å². The number of imidazole rings is 2. The molecule has 0 aliphatic carbocycles. The summed E-state index contributed by atoms with van der Waals surface area (Å²) in [5.74, 6) is 0.848. The summed E-state index contributed by atoms with van der Waals surface area (Å²) in [6.45, 7) is 1.30. The minimum Gasteiger partial charge on any atom is -0.350 e. The van der Waals surface area contributed by atoms with Crippen LogP contribution in [-0.4, -0.2) is 32.0 Å². The standard InChI is InChI=1S/C19H15N5O/c25-19-14-2-1-3-15-17(14)24(9-8-21-19)18(23-15)13-6-4-12(5-7-13)16-10-20-11-22-16/h1-7,10-11H,8-9H2,(H,20,22)(H,21,25). The molecule has 0 saturated heterocycles. The second-order valence-corrected chi connectivity index (χ2v) is 6.06. The summed E-state index contributed by atoms with van der Waals surface area (Å²) in [6, 6.07) is 13.9. The van der Waals surface area contributed by atoms with Crippen molar-refractivity contribution in [2.45, 2.75) is 6.54 Å². The van der Waals surface area contributed by atoms with Crippen molar-refractivity contribution < 1.29 is 4.79 Å². The van der Waals surface area contributed by atoms with E-state index in [-0.39, 0.29) is 5.91 Å². The summed E-state index contributed by atoms with van der Waals surface area (Å²) in [5.41, 5.74) is 5.52. The first-order chi connectivity index (χ1) is 12.3. The molecule has 2 aromatic carbocycles. The first-order valence-electron chi connectivity index (χ1n) is 8.18. The Morgan fingerprint density at radius 2 is 1.88 bits per heavy atom. The second-order valence-electron chi connectivity index (χ2n) is 6.06. The number of hydrogen-bond acceptors (Lipinski definition) is 3. The third kappa shape index (κ3) is 2.15. The summed E-state index contributed by atoms with van der Waals surface area (Å²) in [7, 11) is 0. The minimum absolute atomic E-state index is 0.0367. The highest BCUT2D eigenvalue weighted by molar-refractivity contribution is 6.06. The number of carbonyl (C=O) groups excluding carboxylic acids is 1. The van der Waals surface area contributed by atoms with Crippen molar-refractivity contribution in [2.24, 2.45) is 0 Å². The molecule has 3 heterocycles. The van der Waals surface area contributed by atoms with E-state index in [2.05, 4.69) is 44.1 Å². The zero-order valence-corrected chi connectivity index (χ0v) is 13.4. The zero-order valence-electron chi connectivity index (χ0n) is 13.4. The molecule has 2 aromatic heterocycles. The fourth-order valence-electron chi connectivity index (χ4n) is 3.40. The van der Waals surface area contributed by atoms with Gasteiger partial charge in [0.2, 0.25) is 0 Å². The van der Waals surface area contributed by atoms with Crippen molar-refractivity contribution in [3.63, 3.8) is 0 Å². The number of nitrogens with one attached hydrogen (secondary N) is 2. The molecule has 4 aromatic rings. The largest absolute Gasteiger partial charge is 0.350 e. The summed E-state index contributed by atoms with van der Waals surface area (Å²) in [4.78, 5) is 24.2. The minimum atomic E-state index is -0.0367. The molecule has 6 heteroatoms. The summed E-state index contributed by atoms with van der Waals surface area (Å²) in [6.07, 6.45) is 3.47. The molecular weight excluding hydrogens is 314 g/mol. The molecule has 0 fully saturated rings. The Balaban J connectivity index is 1.67. The number of aromatic nitrogens is 4. The van der Waals surface area contributed by atoms with E-state index in [4.69, 9.17) is 4.98 Å². The molecule has 0 radical (unpaired) electrons. The lowest BCUT2D eigenvalue weighted by Crippen LogP contribution is -2.24. The Hall–Kier alpha value is -3.41. The molecule has 2 N–H and O–H groups in total. The highest BCUT2D eigenvalue weighted by Gasteiger charge is 2.21. The van der Waals surface area contributed by atoms with Crippen LogP contribution in [0.15, 0.2) is 55.0 Å². The van der Waals surface area contributed by atoms with Gasteiger partial charge in [0.15, 0.2) is 0 Å². The smallest absolute Gasteiger partial charge is 0.253 e. The normalized spacial score (nSPS) is 13.7. The molecule has 0 atom stereocenters. The molecule has 5 rings (SSSR count). The molecule has 1 aliphatic rings. The number of carbonyl (C=O) groups is 1. The zero-order chi connectivity index (χ0) is 16.8. The highest BCUT2D eigenvalue weighted by atomic mass is 16.1. The van der Waals surface area contributed by atoms with Gasteiger partial charge in [0.25, 0.3) is 5.91 Å². The summed E-state index contributed by atoms with van der Waals surface area (Å²) in [5, 5.41) is 2.95. The second kappa shape index (κ2) is 5.31. The van der Waals surface area contributed by atoms with Gasteiger partial charge >= 0.3 is 0 Å². The highest BCUT2D eigenvalue weighted by Crippen LogP contribution is 2.29. The Labute approximate surface area is 143 Å². The van der Waals surface area contributed by atoms with Gasteiger partial charge < -0.3 is 14.9 Å². The van der Waals surface area contributed by atoms with Crippen LogP contribution in [0, 0.1) is 0 Å². The number of para-hydroxylation sites is 1. The van der Waals surface area contributed by atoms with Crippen molar-refractivity contribution in [1.82, 2.24) is 24.8 Å². The van der Waals surface area contributed by atoms with Crippen LogP contribution in [0.5, 0.6) is 0 Å². The van der Waals surface area contributed by atoms with Crippen LogP contribution < -0.4 is 5.32 Å². The fraction of sp³-hybridized carbons (Fsp3) is 0.105. The van der Waals surface area contributed by atoms with Gasteiger partial charge in [-0.25, -0.2) is 9.97 Å². The monoisotopic (exact) mass is 329 g/mol. The SMILES string of the molecule is O=C1NCCn2c(-c3ccc(-c4cnc[nH]4)cc3)nc3cccc1c32. The van der Waals surface area contributed by atoms with Crippen molar-refractivity contribution in [3.05, 3.63) is 60.6 Å². The van der Waals surface area contributed by atoms with Crippen LogP contribution in [-0.2, 0) is 6.54 Å². The maximum atomic E-state index is 12.3. The molecule has 1 aliphatic heterocycles. The van der Waals surface area contributed by atoms with Gasteiger partial charge in [-0.2, -0.15) is 0 Å². The predicted molar refractivity (Wildman–Crippen MR) is 95.1 cm³/mol. The van der Waals surface area contributed by atoms with Crippen LogP contribution in [0.4, 0.5) is 0 Å². The molecule has 122 valence electrons. The molecule has 6 nitrogen and oxygen atoms in total. The summed E-state index contributed by atoms with van der Waals surface area (Å²) < 4.78 is 2.13. The Morgan fingerprint density at radius 3 is 2.68 bits per heavy atom. The Bertz CT molecular complexity index is 1080. The van der Waals surface area contributed by atoms with E-state index in [1.165, 1.54) is 0 Å². The lowest BCUT2D eigenvalue weighted by atomic mass is 10.1. The molecule has 0 unspecified atom stereocenters. The Morgan fingerprint density at radius 1 is 1.04 bits per heavy atom. The number of aromatic amines is 1. The first kappa shape index (κ1) is 14.0. The van der Waals surface area contributed by atoms with Crippen LogP contribution in [0.1, 0.15) is 10.4 Å².